The zero-order chi connectivity index (χ0) is 19.0. The van der Waals surface area contributed by atoms with Gasteiger partial charge in [-0.15, -0.1) is 0 Å². The summed E-state index contributed by atoms with van der Waals surface area (Å²) >= 11 is 0. The number of amides is 3. The van der Waals surface area contributed by atoms with Gasteiger partial charge < -0.3 is 4.90 Å². The molecule has 1 fully saturated rings. The Hall–Kier alpha value is -2.19. The molecule has 0 saturated heterocycles. The van der Waals surface area contributed by atoms with Crippen LogP contribution in [-0.2, 0) is 20.4 Å². The van der Waals surface area contributed by atoms with Gasteiger partial charge in [-0.25, -0.2) is 17.9 Å². The topological polar surface area (TPSA) is 95.6 Å². The van der Waals surface area contributed by atoms with Gasteiger partial charge in [-0.1, -0.05) is 42.5 Å². The molecule has 0 unspecified atom stereocenters. The molecule has 0 heterocycles. The maximum absolute atomic E-state index is 12.3. The van der Waals surface area contributed by atoms with Crippen molar-refractivity contribution in [2.45, 2.75) is 31.7 Å². The quantitative estimate of drug-likeness (QED) is 0.478. The summed E-state index contributed by atoms with van der Waals surface area (Å²) in [6, 6.07) is 9.14. The smallest absolute Gasteiger partial charge is 0.321 e. The second-order valence-electron chi connectivity index (χ2n) is 6.24. The van der Waals surface area contributed by atoms with E-state index < -0.39 is 21.6 Å². The Morgan fingerprint density at radius 3 is 2.50 bits per heavy atom. The Kier molecular flexibility index (Phi) is 6.93. The van der Waals surface area contributed by atoms with Gasteiger partial charge in [-0.3, -0.25) is 10.1 Å². The summed E-state index contributed by atoms with van der Waals surface area (Å²) in [5, 5.41) is 2.08. The van der Waals surface area contributed by atoms with Crippen LogP contribution in [-0.4, -0.2) is 44.6 Å². The molecule has 1 saturated carbocycles. The summed E-state index contributed by atoms with van der Waals surface area (Å²) in [5.41, 5.74) is 0.550. The van der Waals surface area contributed by atoms with E-state index >= 15 is 0 Å². The van der Waals surface area contributed by atoms with E-state index in [1.807, 2.05) is 30.3 Å². The number of hydrogen-bond acceptors (Lipinski definition) is 4. The number of nitrogens with zero attached hydrogens (tertiary/aromatic N) is 1. The molecule has 0 spiro atoms. The first-order valence-corrected chi connectivity index (χ1v) is 10.3. The Morgan fingerprint density at radius 1 is 1.23 bits per heavy atom. The molecule has 7 nitrogen and oxygen atoms in total. The van der Waals surface area contributed by atoms with Gasteiger partial charge in [0.1, 0.15) is 0 Å². The fraction of sp³-hybridized carbons (Fsp3) is 0.444. The number of likely N-dealkylation sites (N-methyl/N-ethyl adjacent to an activating group) is 1. The molecular formula is C18H25N3O4S. The van der Waals surface area contributed by atoms with Crippen LogP contribution in [0.5, 0.6) is 0 Å². The second-order valence-corrected chi connectivity index (χ2v) is 8.08. The zero-order valence-electron chi connectivity index (χ0n) is 14.8. The van der Waals surface area contributed by atoms with Crippen molar-refractivity contribution in [1.29, 1.82) is 0 Å². The largest absolute Gasteiger partial charge is 0.324 e. The van der Waals surface area contributed by atoms with Crippen LogP contribution in [0.3, 0.4) is 0 Å². The molecule has 0 aromatic heterocycles. The van der Waals surface area contributed by atoms with Crippen LogP contribution in [0.15, 0.2) is 42.5 Å². The molecule has 26 heavy (non-hydrogen) atoms. The van der Waals surface area contributed by atoms with Gasteiger partial charge >= 0.3 is 6.03 Å². The maximum Gasteiger partial charge on any atom is 0.324 e. The highest BCUT2D eigenvalue weighted by Gasteiger charge is 2.46. The maximum atomic E-state index is 12.3. The molecule has 2 rings (SSSR count). The van der Waals surface area contributed by atoms with Crippen LogP contribution in [0.25, 0.3) is 0 Å². The van der Waals surface area contributed by atoms with Crippen LogP contribution in [0.4, 0.5) is 4.79 Å². The van der Waals surface area contributed by atoms with Gasteiger partial charge in [0, 0.05) is 13.1 Å². The van der Waals surface area contributed by atoms with Crippen molar-refractivity contribution in [3.05, 3.63) is 48.0 Å². The highest BCUT2D eigenvalue weighted by molar-refractivity contribution is 7.89. The fourth-order valence-electron chi connectivity index (χ4n) is 2.72. The van der Waals surface area contributed by atoms with Crippen molar-refractivity contribution in [3.8, 4) is 0 Å². The number of nitrogens with one attached hydrogen (secondary N) is 2. The average Bonchev–Trinajstić information content (AvgIpc) is 3.39. The Bertz CT molecular complexity index is 743. The Balaban J connectivity index is 1.81. The van der Waals surface area contributed by atoms with Crippen LogP contribution in [0.1, 0.15) is 31.7 Å². The van der Waals surface area contributed by atoms with E-state index in [1.54, 1.807) is 19.1 Å². The van der Waals surface area contributed by atoms with E-state index in [0.717, 1.165) is 18.4 Å². The standard InChI is InChI=1S/C18H25N3O4S/c1-2-21(17(23)19-15-22)13-7-4-8-14-26(24,25)20-18(11-12-18)16-9-5-3-6-10-16/h3-7,9-10,15,20H,2,8,11-14H2,1H3,(H,19,22,23)/b7-4-. The van der Waals surface area contributed by atoms with Gasteiger partial charge in [0.2, 0.25) is 16.4 Å². The molecule has 1 aromatic carbocycles. The lowest BCUT2D eigenvalue weighted by Crippen LogP contribution is -2.39. The fourth-order valence-corrected chi connectivity index (χ4v) is 4.19. The van der Waals surface area contributed by atoms with E-state index in [4.69, 9.17) is 0 Å². The van der Waals surface area contributed by atoms with E-state index in [-0.39, 0.29) is 5.75 Å². The summed E-state index contributed by atoms with van der Waals surface area (Å²) in [6.07, 6.45) is 5.78. The van der Waals surface area contributed by atoms with E-state index in [1.165, 1.54) is 4.90 Å². The van der Waals surface area contributed by atoms with Gasteiger partial charge in [0.05, 0.1) is 11.3 Å². The number of allylic oxidation sites excluding steroid dienone is 1. The molecular weight excluding hydrogens is 354 g/mol. The number of imide groups is 1. The first-order chi connectivity index (χ1) is 12.4. The van der Waals surface area contributed by atoms with Crippen molar-refractivity contribution >= 4 is 22.5 Å². The summed E-state index contributed by atoms with van der Waals surface area (Å²) < 4.78 is 27.5. The molecule has 0 atom stereocenters. The molecule has 1 aromatic rings. The van der Waals surface area contributed by atoms with Crippen LogP contribution in [0.2, 0.25) is 0 Å². The van der Waals surface area contributed by atoms with Crippen molar-refractivity contribution in [1.82, 2.24) is 14.9 Å². The third-order valence-electron chi connectivity index (χ3n) is 4.32. The lowest BCUT2D eigenvalue weighted by atomic mass is 10.1. The summed E-state index contributed by atoms with van der Waals surface area (Å²) in [7, 11) is -3.40. The highest BCUT2D eigenvalue weighted by Crippen LogP contribution is 2.45. The first kappa shape index (κ1) is 20.1. The van der Waals surface area contributed by atoms with Gasteiger partial charge in [0.25, 0.3) is 0 Å². The minimum Gasteiger partial charge on any atom is -0.321 e. The number of carbonyl (C=O) groups is 2. The van der Waals surface area contributed by atoms with E-state index in [2.05, 4.69) is 10.0 Å². The van der Waals surface area contributed by atoms with Crippen molar-refractivity contribution in [3.63, 3.8) is 0 Å². The van der Waals surface area contributed by atoms with Crippen LogP contribution < -0.4 is 10.0 Å². The number of benzene rings is 1. The summed E-state index contributed by atoms with van der Waals surface area (Å²) in [4.78, 5) is 23.3. The molecule has 0 bridgehead atoms. The third-order valence-corrected chi connectivity index (χ3v) is 5.80. The Morgan fingerprint density at radius 2 is 1.92 bits per heavy atom. The molecule has 1 aliphatic rings. The summed E-state index contributed by atoms with van der Waals surface area (Å²) in [6.45, 7) is 2.56. The Labute approximate surface area is 154 Å². The highest BCUT2D eigenvalue weighted by atomic mass is 32.2. The minimum atomic E-state index is -3.40. The number of carbonyl (C=O) groups excluding carboxylic acids is 2. The zero-order valence-corrected chi connectivity index (χ0v) is 15.7. The lowest BCUT2D eigenvalue weighted by molar-refractivity contribution is -0.108. The van der Waals surface area contributed by atoms with Crippen molar-refractivity contribution in [2.75, 3.05) is 18.8 Å². The molecule has 142 valence electrons. The lowest BCUT2D eigenvalue weighted by Gasteiger charge is -2.18. The van der Waals surface area contributed by atoms with E-state index in [0.29, 0.717) is 25.9 Å². The SMILES string of the molecule is CCN(C/C=C\CCS(=O)(=O)NC1(c2ccccc2)CC1)C(=O)NC=O. The molecule has 8 heteroatoms. The number of sulfonamides is 1. The van der Waals surface area contributed by atoms with Gasteiger partial charge in [0.15, 0.2) is 0 Å². The predicted molar refractivity (Wildman–Crippen MR) is 99.9 cm³/mol. The van der Waals surface area contributed by atoms with Crippen molar-refractivity contribution < 1.29 is 18.0 Å². The van der Waals surface area contributed by atoms with Crippen molar-refractivity contribution in [2.24, 2.45) is 0 Å². The van der Waals surface area contributed by atoms with Gasteiger partial charge in [-0.05, 0) is 31.7 Å². The second kappa shape index (κ2) is 8.95. The third kappa shape index (κ3) is 5.67. The molecule has 0 radical (unpaired) electrons. The monoisotopic (exact) mass is 379 g/mol. The van der Waals surface area contributed by atoms with Gasteiger partial charge in [-0.2, -0.15) is 0 Å². The molecule has 1 aliphatic carbocycles. The molecule has 2 N–H and O–H groups in total. The first-order valence-electron chi connectivity index (χ1n) is 8.64. The molecule has 0 aliphatic heterocycles. The molecule has 3 amide bonds. The minimum absolute atomic E-state index is 0.00918. The predicted octanol–water partition coefficient (Wildman–Crippen LogP) is 1.73. The number of hydrogen-bond donors (Lipinski definition) is 2. The van der Waals surface area contributed by atoms with Crippen LogP contribution >= 0.6 is 0 Å². The van der Waals surface area contributed by atoms with Crippen LogP contribution in [0, 0.1) is 0 Å². The average molecular weight is 379 g/mol. The summed E-state index contributed by atoms with van der Waals surface area (Å²) in [5.74, 6) is -0.00918. The normalized spacial score (nSPS) is 15.6. The number of urea groups is 1. The number of rotatable bonds is 10. The van der Waals surface area contributed by atoms with E-state index in [9.17, 15) is 18.0 Å².